The first-order valence-corrected chi connectivity index (χ1v) is 5.76. The molecule has 0 spiro atoms. The van der Waals surface area contributed by atoms with Crippen LogP contribution >= 0.6 is 0 Å². The first-order valence-electron chi connectivity index (χ1n) is 5.76. The summed E-state index contributed by atoms with van der Waals surface area (Å²) in [6, 6.07) is 6.32. The van der Waals surface area contributed by atoms with Gasteiger partial charge in [-0.15, -0.1) is 0 Å². The lowest BCUT2D eigenvalue weighted by Gasteiger charge is -2.24. The van der Waals surface area contributed by atoms with E-state index in [1.807, 2.05) is 11.9 Å². The molecular formula is C13H17FN2. The smallest absolute Gasteiger partial charge is 0.123 e. The third-order valence-electron chi connectivity index (χ3n) is 3.32. The van der Waals surface area contributed by atoms with Crippen LogP contribution in [0.2, 0.25) is 0 Å². The highest BCUT2D eigenvalue weighted by atomic mass is 19.1. The summed E-state index contributed by atoms with van der Waals surface area (Å²) < 4.78 is 12.8. The standard InChI is InChI=1S/C13H17FN2/c1-16(12-8-6-11(14)7-9-12)13(15)10-4-2-3-5-10/h6-10,15H,2-5H2,1H3. The number of benzene rings is 1. The van der Waals surface area contributed by atoms with Crippen molar-refractivity contribution in [3.63, 3.8) is 0 Å². The first kappa shape index (κ1) is 11.1. The number of anilines is 1. The van der Waals surface area contributed by atoms with Gasteiger partial charge in [-0.1, -0.05) is 12.8 Å². The van der Waals surface area contributed by atoms with E-state index in [2.05, 4.69) is 0 Å². The molecule has 0 bridgehead atoms. The van der Waals surface area contributed by atoms with E-state index in [0.29, 0.717) is 11.8 Å². The molecule has 2 nitrogen and oxygen atoms in total. The van der Waals surface area contributed by atoms with Gasteiger partial charge in [-0.05, 0) is 37.1 Å². The number of nitrogens with zero attached hydrogens (tertiary/aromatic N) is 1. The van der Waals surface area contributed by atoms with Gasteiger partial charge in [-0.3, -0.25) is 5.41 Å². The molecule has 1 aliphatic rings. The lowest BCUT2D eigenvalue weighted by molar-refractivity contribution is 0.628. The molecular weight excluding hydrogens is 203 g/mol. The average molecular weight is 220 g/mol. The highest BCUT2D eigenvalue weighted by Gasteiger charge is 2.22. The Balaban J connectivity index is 2.08. The van der Waals surface area contributed by atoms with E-state index in [0.717, 1.165) is 18.5 Å². The zero-order valence-electron chi connectivity index (χ0n) is 9.54. The van der Waals surface area contributed by atoms with Crippen molar-refractivity contribution >= 4 is 11.5 Å². The minimum atomic E-state index is -0.232. The number of amidine groups is 1. The molecule has 0 aliphatic heterocycles. The summed E-state index contributed by atoms with van der Waals surface area (Å²) in [5.74, 6) is 0.809. The molecule has 2 rings (SSSR count). The Morgan fingerprint density at radius 1 is 1.25 bits per heavy atom. The molecule has 0 amide bonds. The molecule has 3 heteroatoms. The van der Waals surface area contributed by atoms with Crippen LogP contribution in [0.1, 0.15) is 25.7 Å². The van der Waals surface area contributed by atoms with E-state index in [-0.39, 0.29) is 5.82 Å². The molecule has 0 saturated heterocycles. The quantitative estimate of drug-likeness (QED) is 0.600. The minimum absolute atomic E-state index is 0.232. The molecule has 1 aromatic carbocycles. The molecule has 0 radical (unpaired) electrons. The Labute approximate surface area is 95.6 Å². The number of hydrogen-bond donors (Lipinski definition) is 1. The van der Waals surface area contributed by atoms with Gasteiger partial charge in [-0.2, -0.15) is 0 Å². The van der Waals surface area contributed by atoms with Crippen LogP contribution < -0.4 is 4.90 Å². The van der Waals surface area contributed by atoms with Crippen molar-refractivity contribution < 1.29 is 4.39 Å². The molecule has 1 saturated carbocycles. The highest BCUT2D eigenvalue weighted by Crippen LogP contribution is 2.28. The fraction of sp³-hybridized carbons (Fsp3) is 0.462. The summed E-state index contributed by atoms with van der Waals surface area (Å²) in [7, 11) is 1.88. The Hall–Kier alpha value is -1.38. The van der Waals surface area contributed by atoms with Crippen LogP contribution in [-0.2, 0) is 0 Å². The van der Waals surface area contributed by atoms with E-state index in [9.17, 15) is 4.39 Å². The topological polar surface area (TPSA) is 27.1 Å². The van der Waals surface area contributed by atoms with Crippen molar-refractivity contribution in [1.29, 1.82) is 5.41 Å². The van der Waals surface area contributed by atoms with Gasteiger partial charge in [0, 0.05) is 18.7 Å². The van der Waals surface area contributed by atoms with E-state index in [1.54, 1.807) is 12.1 Å². The van der Waals surface area contributed by atoms with Gasteiger partial charge in [0.25, 0.3) is 0 Å². The third kappa shape index (κ3) is 2.23. The van der Waals surface area contributed by atoms with E-state index >= 15 is 0 Å². The van der Waals surface area contributed by atoms with E-state index < -0.39 is 0 Å². The number of rotatable bonds is 2. The highest BCUT2D eigenvalue weighted by molar-refractivity contribution is 5.96. The molecule has 0 unspecified atom stereocenters. The monoisotopic (exact) mass is 220 g/mol. The molecule has 1 aliphatic carbocycles. The SMILES string of the molecule is CN(C(=N)C1CCCC1)c1ccc(F)cc1. The van der Waals surface area contributed by atoms with Crippen LogP contribution in [-0.4, -0.2) is 12.9 Å². The van der Waals surface area contributed by atoms with Crippen LogP contribution in [0.15, 0.2) is 24.3 Å². The van der Waals surface area contributed by atoms with Crippen molar-refractivity contribution in [2.45, 2.75) is 25.7 Å². The summed E-state index contributed by atoms with van der Waals surface area (Å²) in [5.41, 5.74) is 0.887. The van der Waals surface area contributed by atoms with Crippen LogP contribution in [0, 0.1) is 17.1 Å². The molecule has 0 heterocycles. The van der Waals surface area contributed by atoms with Gasteiger partial charge in [0.2, 0.25) is 0 Å². The van der Waals surface area contributed by atoms with E-state index in [4.69, 9.17) is 5.41 Å². The van der Waals surface area contributed by atoms with Crippen molar-refractivity contribution in [2.75, 3.05) is 11.9 Å². The summed E-state index contributed by atoms with van der Waals surface area (Å²) >= 11 is 0. The lowest BCUT2D eigenvalue weighted by atomic mass is 10.1. The summed E-state index contributed by atoms with van der Waals surface area (Å²) in [6.07, 6.45) is 4.68. The van der Waals surface area contributed by atoms with Crippen molar-refractivity contribution in [2.24, 2.45) is 5.92 Å². The number of nitrogens with one attached hydrogen (secondary N) is 1. The maximum Gasteiger partial charge on any atom is 0.123 e. The van der Waals surface area contributed by atoms with Gasteiger partial charge >= 0.3 is 0 Å². The van der Waals surface area contributed by atoms with E-state index in [1.165, 1.54) is 25.0 Å². The van der Waals surface area contributed by atoms with Gasteiger partial charge < -0.3 is 4.90 Å². The fourth-order valence-electron chi connectivity index (χ4n) is 2.28. The van der Waals surface area contributed by atoms with Gasteiger partial charge in [-0.25, -0.2) is 4.39 Å². The number of halogens is 1. The van der Waals surface area contributed by atoms with Gasteiger partial charge in [0.05, 0.1) is 0 Å². The molecule has 1 N–H and O–H groups in total. The molecule has 86 valence electrons. The van der Waals surface area contributed by atoms with Crippen LogP contribution in [0.4, 0.5) is 10.1 Å². The first-order chi connectivity index (χ1) is 7.68. The second-order valence-corrected chi connectivity index (χ2v) is 4.40. The zero-order valence-corrected chi connectivity index (χ0v) is 9.54. The molecule has 0 atom stereocenters. The third-order valence-corrected chi connectivity index (χ3v) is 3.32. The Morgan fingerprint density at radius 3 is 2.38 bits per heavy atom. The van der Waals surface area contributed by atoms with Gasteiger partial charge in [0.1, 0.15) is 11.7 Å². The maximum atomic E-state index is 12.8. The van der Waals surface area contributed by atoms with Gasteiger partial charge in [0.15, 0.2) is 0 Å². The zero-order chi connectivity index (χ0) is 11.5. The van der Waals surface area contributed by atoms with Crippen LogP contribution in [0.5, 0.6) is 0 Å². The Bertz CT molecular complexity index is 366. The second kappa shape index (κ2) is 4.64. The normalized spacial score (nSPS) is 16.4. The van der Waals surface area contributed by atoms with Crippen molar-refractivity contribution in [3.8, 4) is 0 Å². The van der Waals surface area contributed by atoms with Crippen LogP contribution in [0.3, 0.4) is 0 Å². The molecule has 16 heavy (non-hydrogen) atoms. The predicted octanol–water partition coefficient (Wildman–Crippen LogP) is 3.43. The fourth-order valence-corrected chi connectivity index (χ4v) is 2.28. The lowest BCUT2D eigenvalue weighted by Crippen LogP contribution is -2.30. The Morgan fingerprint density at radius 2 is 1.81 bits per heavy atom. The molecule has 1 fully saturated rings. The molecule has 1 aromatic rings. The predicted molar refractivity (Wildman–Crippen MR) is 64.5 cm³/mol. The largest absolute Gasteiger partial charge is 0.333 e. The van der Waals surface area contributed by atoms with Crippen molar-refractivity contribution in [3.05, 3.63) is 30.1 Å². The summed E-state index contributed by atoms with van der Waals surface area (Å²) in [6.45, 7) is 0. The number of hydrogen-bond acceptors (Lipinski definition) is 1. The minimum Gasteiger partial charge on any atom is -0.333 e. The molecule has 0 aromatic heterocycles. The maximum absolute atomic E-state index is 12.8. The average Bonchev–Trinajstić information content (AvgIpc) is 2.81. The van der Waals surface area contributed by atoms with Crippen molar-refractivity contribution in [1.82, 2.24) is 0 Å². The second-order valence-electron chi connectivity index (χ2n) is 4.40. The summed E-state index contributed by atoms with van der Waals surface area (Å²) in [4.78, 5) is 1.86. The Kier molecular flexibility index (Phi) is 3.22. The summed E-state index contributed by atoms with van der Waals surface area (Å²) in [5, 5.41) is 8.12. The van der Waals surface area contributed by atoms with Crippen LogP contribution in [0.25, 0.3) is 0 Å².